The van der Waals surface area contributed by atoms with Gasteiger partial charge in [0.25, 0.3) is 0 Å². The van der Waals surface area contributed by atoms with Crippen LogP contribution in [0.3, 0.4) is 0 Å². The largest absolute Gasteiger partial charge is 0.490 e. The quantitative estimate of drug-likeness (QED) is 0.257. The predicted molar refractivity (Wildman–Crippen MR) is 101 cm³/mol. The summed E-state index contributed by atoms with van der Waals surface area (Å²) in [5.41, 5.74) is 0. The van der Waals surface area contributed by atoms with Crippen LogP contribution in [0, 0.1) is 0 Å². The molecular weight excluding hydrogens is 396 g/mol. The zero-order chi connectivity index (χ0) is 17.9. The Morgan fingerprint density at radius 2 is 1.83 bits per heavy atom. The van der Waals surface area contributed by atoms with Crippen molar-refractivity contribution >= 4 is 52.6 Å². The highest BCUT2D eigenvalue weighted by atomic mass is 35.5. The van der Waals surface area contributed by atoms with Gasteiger partial charge in [0.05, 0.1) is 16.7 Å². The van der Waals surface area contributed by atoms with Gasteiger partial charge in [0.2, 0.25) is 0 Å². The molecule has 0 saturated carbocycles. The van der Waals surface area contributed by atoms with Crippen molar-refractivity contribution in [3.63, 3.8) is 0 Å². The summed E-state index contributed by atoms with van der Waals surface area (Å²) in [6.07, 6.45) is 4.79. The van der Waals surface area contributed by atoms with Gasteiger partial charge in [0, 0.05) is 18.3 Å². The molecule has 1 aromatic rings. The average molecular weight is 415 g/mol. The minimum atomic E-state index is 0.0757. The van der Waals surface area contributed by atoms with Gasteiger partial charge in [0.15, 0.2) is 5.75 Å². The summed E-state index contributed by atoms with van der Waals surface area (Å²) in [4.78, 5) is 5.06. The van der Waals surface area contributed by atoms with Gasteiger partial charge in [0.1, 0.15) is 23.0 Å². The van der Waals surface area contributed by atoms with E-state index in [1.54, 1.807) is 18.3 Å². The lowest BCUT2D eigenvalue weighted by atomic mass is 10.3. The van der Waals surface area contributed by atoms with Gasteiger partial charge in [-0.25, -0.2) is 0 Å². The van der Waals surface area contributed by atoms with E-state index in [-0.39, 0.29) is 17.2 Å². The van der Waals surface area contributed by atoms with E-state index in [1.807, 2.05) is 13.8 Å². The first kappa shape index (κ1) is 21.2. The third kappa shape index (κ3) is 8.88. The highest BCUT2D eigenvalue weighted by molar-refractivity contribution is 6.55. The molecule has 0 bridgehead atoms. The van der Waals surface area contributed by atoms with Crippen LogP contribution in [0.1, 0.15) is 26.7 Å². The molecule has 0 aliphatic heterocycles. The smallest absolute Gasteiger partial charge is 0.156 e. The lowest BCUT2D eigenvalue weighted by Crippen LogP contribution is -2.01. The topological polar surface area (TPSA) is 40.0 Å². The van der Waals surface area contributed by atoms with Crippen molar-refractivity contribution in [3.05, 3.63) is 32.7 Å². The van der Waals surface area contributed by atoms with Gasteiger partial charge in [-0.2, -0.15) is 0 Å². The number of halogens is 4. The molecule has 0 heterocycles. The summed E-state index contributed by atoms with van der Waals surface area (Å²) in [7, 11) is 0. The van der Waals surface area contributed by atoms with E-state index < -0.39 is 0 Å². The number of hydrogen-bond acceptors (Lipinski definition) is 4. The number of benzene rings is 1. The lowest BCUT2D eigenvalue weighted by Gasteiger charge is -2.11. The fourth-order valence-electron chi connectivity index (χ4n) is 1.53. The normalized spacial score (nSPS) is 11.0. The molecule has 4 nitrogen and oxygen atoms in total. The van der Waals surface area contributed by atoms with E-state index in [0.717, 1.165) is 12.8 Å². The van der Waals surface area contributed by atoms with Crippen molar-refractivity contribution in [2.24, 2.45) is 5.16 Å². The van der Waals surface area contributed by atoms with Crippen molar-refractivity contribution in [2.45, 2.75) is 32.8 Å². The highest BCUT2D eigenvalue weighted by Gasteiger charge is 2.10. The Hall–Kier alpha value is -0.810. The van der Waals surface area contributed by atoms with Crippen LogP contribution in [0.25, 0.3) is 0 Å². The first-order valence-corrected chi connectivity index (χ1v) is 8.84. The van der Waals surface area contributed by atoms with Gasteiger partial charge >= 0.3 is 0 Å². The fraction of sp³-hybridized carbons (Fsp3) is 0.438. The highest BCUT2D eigenvalue weighted by Crippen LogP contribution is 2.37. The van der Waals surface area contributed by atoms with Gasteiger partial charge in [-0.15, -0.1) is 0 Å². The first-order valence-electron chi connectivity index (χ1n) is 7.33. The van der Waals surface area contributed by atoms with E-state index in [9.17, 15) is 0 Å². The van der Waals surface area contributed by atoms with Crippen LogP contribution in [0.2, 0.25) is 10.0 Å². The molecule has 0 saturated heterocycles. The van der Waals surface area contributed by atoms with E-state index >= 15 is 0 Å². The number of rotatable bonds is 10. The second-order valence-electron chi connectivity index (χ2n) is 4.95. The van der Waals surface area contributed by atoms with Crippen molar-refractivity contribution < 1.29 is 14.3 Å². The van der Waals surface area contributed by atoms with Gasteiger partial charge in [-0.05, 0) is 32.8 Å². The molecule has 0 amide bonds. The molecule has 0 unspecified atom stereocenters. The Morgan fingerprint density at radius 3 is 2.42 bits per heavy atom. The molecule has 0 fully saturated rings. The third-order valence-corrected chi connectivity index (χ3v) is 3.40. The standard InChI is InChI=1S/C16H19Cl4NO3/c1-11(2)24-21-6-3-4-7-23-16-13(17)9-12(10-14(16)18)22-8-5-15(19)20/h5-6,9-11H,3-4,7-8H2,1-2H3/b21-6+. The number of nitrogens with zero attached hydrogens (tertiary/aromatic N) is 1. The molecule has 0 radical (unpaired) electrons. The Bertz CT molecular complexity index is 549. The zero-order valence-electron chi connectivity index (χ0n) is 13.4. The molecular formula is C16H19Cl4NO3. The Morgan fingerprint density at radius 1 is 1.17 bits per heavy atom. The third-order valence-electron chi connectivity index (χ3n) is 2.53. The van der Waals surface area contributed by atoms with Crippen molar-refractivity contribution in [3.8, 4) is 11.5 Å². The molecule has 8 heteroatoms. The van der Waals surface area contributed by atoms with Crippen molar-refractivity contribution in [2.75, 3.05) is 13.2 Å². The van der Waals surface area contributed by atoms with Gasteiger partial charge < -0.3 is 14.3 Å². The number of ether oxygens (including phenoxy) is 2. The molecule has 0 N–H and O–H groups in total. The molecule has 0 atom stereocenters. The van der Waals surface area contributed by atoms with Crippen LogP contribution in [0.15, 0.2) is 27.9 Å². The van der Waals surface area contributed by atoms with Crippen LogP contribution >= 0.6 is 46.4 Å². The minimum absolute atomic E-state index is 0.0757. The van der Waals surface area contributed by atoms with E-state index in [2.05, 4.69) is 5.16 Å². The maximum atomic E-state index is 6.17. The molecule has 0 aliphatic rings. The number of oxime groups is 1. The van der Waals surface area contributed by atoms with E-state index in [0.29, 0.717) is 28.2 Å². The summed E-state index contributed by atoms with van der Waals surface area (Å²) in [6, 6.07) is 3.24. The van der Waals surface area contributed by atoms with Crippen LogP contribution in [0.5, 0.6) is 11.5 Å². The van der Waals surface area contributed by atoms with Crippen molar-refractivity contribution in [1.82, 2.24) is 0 Å². The SMILES string of the molecule is CC(C)O/N=C/CCCOc1c(Cl)cc(OCC=C(Cl)Cl)cc1Cl. The average Bonchev–Trinajstić information content (AvgIpc) is 2.47. The van der Waals surface area contributed by atoms with Crippen LogP contribution in [-0.4, -0.2) is 25.5 Å². The molecule has 0 spiro atoms. The minimum Gasteiger partial charge on any atom is -0.490 e. The van der Waals surface area contributed by atoms with Crippen LogP contribution in [0.4, 0.5) is 0 Å². The summed E-state index contributed by atoms with van der Waals surface area (Å²) in [5.74, 6) is 0.924. The molecule has 1 rings (SSSR count). The molecule has 1 aromatic carbocycles. The molecule has 0 aromatic heterocycles. The van der Waals surface area contributed by atoms with E-state index in [4.69, 9.17) is 60.7 Å². The van der Waals surface area contributed by atoms with Crippen molar-refractivity contribution in [1.29, 1.82) is 0 Å². The number of hydrogen-bond donors (Lipinski definition) is 0. The van der Waals surface area contributed by atoms with Crippen LogP contribution < -0.4 is 9.47 Å². The Balaban J connectivity index is 2.45. The lowest BCUT2D eigenvalue weighted by molar-refractivity contribution is 0.0867. The Kier molecular flexibility index (Phi) is 10.3. The van der Waals surface area contributed by atoms with Crippen LogP contribution in [-0.2, 0) is 4.84 Å². The zero-order valence-corrected chi connectivity index (χ0v) is 16.4. The summed E-state index contributed by atoms with van der Waals surface area (Å²) in [6.45, 7) is 4.50. The number of unbranched alkanes of at least 4 members (excludes halogenated alkanes) is 1. The summed E-state index contributed by atoms with van der Waals surface area (Å²) < 4.78 is 11.2. The fourth-order valence-corrected chi connectivity index (χ4v) is 2.23. The van der Waals surface area contributed by atoms with Gasteiger partial charge in [-0.3, -0.25) is 0 Å². The molecule has 0 aliphatic carbocycles. The summed E-state index contributed by atoms with van der Waals surface area (Å²) >= 11 is 23.4. The second-order valence-corrected chi connectivity index (χ2v) is 6.78. The Labute approximate surface area is 162 Å². The second kappa shape index (κ2) is 11.7. The maximum absolute atomic E-state index is 6.17. The first-order chi connectivity index (χ1) is 11.4. The summed E-state index contributed by atoms with van der Waals surface area (Å²) in [5, 5.41) is 4.57. The molecule has 24 heavy (non-hydrogen) atoms. The maximum Gasteiger partial charge on any atom is 0.156 e. The van der Waals surface area contributed by atoms with Gasteiger partial charge in [-0.1, -0.05) is 51.6 Å². The predicted octanol–water partition coefficient (Wildman–Crippen LogP) is 6.26. The molecule has 134 valence electrons. The monoisotopic (exact) mass is 413 g/mol. The van der Waals surface area contributed by atoms with E-state index in [1.165, 1.54) is 6.08 Å².